The molecule has 44 heavy (non-hydrogen) atoms. The van der Waals surface area contributed by atoms with Crippen molar-refractivity contribution in [2.75, 3.05) is 31.5 Å². The van der Waals surface area contributed by atoms with Crippen molar-refractivity contribution < 1.29 is 51.8 Å². The van der Waals surface area contributed by atoms with E-state index in [0.717, 1.165) is 9.13 Å². The predicted octanol–water partition coefficient (Wildman–Crippen LogP) is -0.507. The number of aryl methyl sites for hydroxylation is 1. The van der Waals surface area contributed by atoms with E-state index in [4.69, 9.17) is 27.6 Å². The summed E-state index contributed by atoms with van der Waals surface area (Å²) in [4.78, 5) is 55.1. The van der Waals surface area contributed by atoms with E-state index < -0.39 is 82.6 Å². The summed E-state index contributed by atoms with van der Waals surface area (Å²) in [5, 5.41) is 22.6. The Labute approximate surface area is 249 Å². The molecule has 19 nitrogen and oxygen atoms in total. The number of aliphatic hydroxyl groups excluding tert-OH is 2. The topological polar surface area (TPSA) is 255 Å². The standard InChI is InChI=1S/C23H35N5O14P2/c1-4-37-43(34,38-5-2)26-18-6-7-27(22(32)24-18)20-9-15(16(11-29)40-20)42-44(35,36)39-12-17-14(30)8-19(41-17)28-10-13(3)21(31)25-23(28)33/h6-7,10,14-17,19-20,29-30H,4-5,8-9,11-12H2,1-3H3,(H,35,36)(H,25,31,33)(H,24,26,32,34)/p-1/t14-,15-,16+,17+,19+,20+/m0/s1. The van der Waals surface area contributed by atoms with Crippen molar-refractivity contribution in [3.05, 3.63) is 55.3 Å². The Hall–Kier alpha value is -2.54. The minimum Gasteiger partial charge on any atom is -0.756 e. The van der Waals surface area contributed by atoms with Crippen LogP contribution in [0.15, 0.2) is 32.8 Å². The van der Waals surface area contributed by atoms with Crippen LogP contribution in [-0.2, 0) is 36.7 Å². The van der Waals surface area contributed by atoms with Gasteiger partial charge in [-0.15, -0.1) is 0 Å². The van der Waals surface area contributed by atoms with Gasteiger partial charge in [0.25, 0.3) is 13.4 Å². The molecule has 2 aliphatic heterocycles. The maximum Gasteiger partial charge on any atom is 0.433 e. The molecule has 7 atom stereocenters. The first-order chi connectivity index (χ1) is 20.8. The summed E-state index contributed by atoms with van der Waals surface area (Å²) in [6.07, 6.45) is -4.64. The Morgan fingerprint density at radius 1 is 1.09 bits per heavy atom. The number of aromatic amines is 1. The van der Waals surface area contributed by atoms with Gasteiger partial charge in [-0.25, -0.2) is 14.2 Å². The second-order valence-corrected chi connectivity index (χ2v) is 12.9. The van der Waals surface area contributed by atoms with Gasteiger partial charge in [-0.1, -0.05) is 0 Å². The zero-order valence-electron chi connectivity index (χ0n) is 24.0. The van der Waals surface area contributed by atoms with Gasteiger partial charge < -0.3 is 33.6 Å². The van der Waals surface area contributed by atoms with Gasteiger partial charge in [0.2, 0.25) is 0 Å². The van der Waals surface area contributed by atoms with Crippen LogP contribution in [0.4, 0.5) is 5.82 Å². The second kappa shape index (κ2) is 14.3. The third kappa shape index (κ3) is 8.18. The summed E-state index contributed by atoms with van der Waals surface area (Å²) in [5.74, 6) is -0.0995. The second-order valence-electron chi connectivity index (χ2n) is 9.79. The molecule has 0 saturated carbocycles. The molecule has 0 aromatic carbocycles. The van der Waals surface area contributed by atoms with Crippen LogP contribution in [0.25, 0.3) is 0 Å². The number of ether oxygens (including phenoxy) is 2. The third-order valence-corrected chi connectivity index (χ3v) is 9.37. The van der Waals surface area contributed by atoms with Gasteiger partial charge >= 0.3 is 19.1 Å². The Balaban J connectivity index is 1.37. The highest BCUT2D eigenvalue weighted by Gasteiger charge is 2.41. The number of hydrogen-bond acceptors (Lipinski definition) is 15. The number of rotatable bonds is 14. The van der Waals surface area contributed by atoms with Crippen LogP contribution < -0.4 is 26.9 Å². The number of H-pyrrole nitrogens is 1. The molecule has 0 amide bonds. The summed E-state index contributed by atoms with van der Waals surface area (Å²) < 4.78 is 59.0. The van der Waals surface area contributed by atoms with Crippen LogP contribution >= 0.6 is 15.6 Å². The number of aliphatic hydroxyl groups is 2. The van der Waals surface area contributed by atoms with E-state index in [2.05, 4.69) is 15.1 Å². The van der Waals surface area contributed by atoms with Crippen LogP contribution in [0, 0.1) is 6.92 Å². The minimum absolute atomic E-state index is 0.0705. The molecule has 0 bridgehead atoms. The molecule has 246 valence electrons. The molecule has 0 aliphatic carbocycles. The van der Waals surface area contributed by atoms with E-state index in [0.29, 0.717) is 0 Å². The SMILES string of the molecule is CCOP(=O)(Nc1ccn([C@H]2C[C@H](OP(=O)([O-])OC[C@H]3O[C@@H](n4cc(C)c(=O)[nH]c4=O)C[C@@H]3O)[C@@H](CO)O2)c(=O)n1)OCC. The molecule has 2 saturated heterocycles. The van der Waals surface area contributed by atoms with Crippen LogP contribution in [0.5, 0.6) is 0 Å². The number of nitrogens with one attached hydrogen (secondary N) is 2. The van der Waals surface area contributed by atoms with Crippen molar-refractivity contribution in [1.29, 1.82) is 0 Å². The Kier molecular flexibility index (Phi) is 11.1. The molecular formula is C23H34N5O14P2-. The lowest BCUT2D eigenvalue weighted by Gasteiger charge is -2.29. The summed E-state index contributed by atoms with van der Waals surface area (Å²) in [6.45, 7) is 3.52. The molecule has 4 heterocycles. The number of phosphoric acid groups is 1. The molecule has 4 rings (SSSR count). The monoisotopic (exact) mass is 666 g/mol. The Morgan fingerprint density at radius 2 is 1.75 bits per heavy atom. The highest BCUT2D eigenvalue weighted by Crippen LogP contribution is 2.47. The van der Waals surface area contributed by atoms with Crippen molar-refractivity contribution in [3.8, 4) is 0 Å². The maximum atomic E-state index is 12.7. The van der Waals surface area contributed by atoms with Gasteiger partial charge in [0.15, 0.2) is 0 Å². The molecule has 0 spiro atoms. The first-order valence-electron chi connectivity index (χ1n) is 13.6. The largest absolute Gasteiger partial charge is 0.756 e. The van der Waals surface area contributed by atoms with Gasteiger partial charge in [0.05, 0.1) is 38.6 Å². The van der Waals surface area contributed by atoms with Crippen molar-refractivity contribution >= 4 is 21.4 Å². The molecule has 0 radical (unpaired) electrons. The third-order valence-electron chi connectivity index (χ3n) is 6.67. The molecule has 21 heteroatoms. The van der Waals surface area contributed by atoms with Crippen LogP contribution in [0.3, 0.4) is 0 Å². The lowest BCUT2D eigenvalue weighted by atomic mass is 10.2. The van der Waals surface area contributed by atoms with E-state index in [1.54, 1.807) is 13.8 Å². The number of anilines is 1. The summed E-state index contributed by atoms with van der Waals surface area (Å²) >= 11 is 0. The van der Waals surface area contributed by atoms with E-state index in [1.807, 2.05) is 0 Å². The van der Waals surface area contributed by atoms with Gasteiger partial charge in [-0.3, -0.25) is 37.6 Å². The average Bonchev–Trinajstić information content (AvgIpc) is 3.51. The van der Waals surface area contributed by atoms with Crippen molar-refractivity contribution in [2.45, 2.75) is 70.5 Å². The molecule has 4 N–H and O–H groups in total. The summed E-state index contributed by atoms with van der Waals surface area (Å²) in [7, 11) is -8.85. The molecule has 2 aromatic rings. The van der Waals surface area contributed by atoms with Crippen molar-refractivity contribution in [1.82, 2.24) is 19.1 Å². The molecule has 1 unspecified atom stereocenters. The quantitative estimate of drug-likeness (QED) is 0.185. The van der Waals surface area contributed by atoms with Crippen LogP contribution in [0.1, 0.15) is 44.7 Å². The maximum absolute atomic E-state index is 12.7. The van der Waals surface area contributed by atoms with Gasteiger partial charge in [-0.2, -0.15) is 4.98 Å². The zero-order chi connectivity index (χ0) is 32.2. The van der Waals surface area contributed by atoms with Gasteiger partial charge in [0, 0.05) is 30.8 Å². The summed E-state index contributed by atoms with van der Waals surface area (Å²) in [5.41, 5.74) is -1.96. The minimum atomic E-state index is -5.08. The van der Waals surface area contributed by atoms with Gasteiger partial charge in [-0.05, 0) is 26.8 Å². The van der Waals surface area contributed by atoms with Crippen molar-refractivity contribution in [3.63, 3.8) is 0 Å². The Morgan fingerprint density at radius 3 is 2.39 bits per heavy atom. The van der Waals surface area contributed by atoms with Crippen LogP contribution in [-0.4, -0.2) is 80.2 Å². The smallest absolute Gasteiger partial charge is 0.433 e. The highest BCUT2D eigenvalue weighted by molar-refractivity contribution is 7.55. The Bertz CT molecular complexity index is 1570. The normalized spacial score (nSPS) is 27.0. The van der Waals surface area contributed by atoms with E-state index >= 15 is 0 Å². The lowest BCUT2D eigenvalue weighted by molar-refractivity contribution is -0.234. The summed E-state index contributed by atoms with van der Waals surface area (Å²) in [6, 6.07) is 1.31. The number of hydrogen-bond donors (Lipinski definition) is 4. The first kappa shape index (κ1) is 34.3. The van der Waals surface area contributed by atoms with E-state index in [-0.39, 0.29) is 37.4 Å². The number of phosphoric ester groups is 1. The fourth-order valence-corrected chi connectivity index (χ4v) is 6.85. The highest BCUT2D eigenvalue weighted by atomic mass is 31.2. The number of nitrogens with zero attached hydrogens (tertiary/aromatic N) is 3. The predicted molar refractivity (Wildman–Crippen MR) is 148 cm³/mol. The molecule has 2 aromatic heterocycles. The average molecular weight is 666 g/mol. The van der Waals surface area contributed by atoms with Gasteiger partial charge in [0.1, 0.15) is 30.5 Å². The fourth-order valence-electron chi connectivity index (χ4n) is 4.62. The van der Waals surface area contributed by atoms with E-state index in [9.17, 15) is 38.6 Å². The molecule has 2 aliphatic rings. The van der Waals surface area contributed by atoms with Crippen LogP contribution in [0.2, 0.25) is 0 Å². The zero-order valence-corrected chi connectivity index (χ0v) is 25.8. The van der Waals surface area contributed by atoms with E-state index in [1.165, 1.54) is 25.4 Å². The number of aromatic nitrogens is 4. The molecule has 2 fully saturated rings. The first-order valence-corrected chi connectivity index (χ1v) is 16.6. The molecular weight excluding hydrogens is 632 g/mol. The lowest BCUT2D eigenvalue weighted by Crippen LogP contribution is -2.33. The fraction of sp³-hybridized carbons (Fsp3) is 0.652. The van der Waals surface area contributed by atoms with Crippen molar-refractivity contribution in [2.24, 2.45) is 0 Å².